The number of amides is 1. The highest BCUT2D eigenvalue weighted by atomic mass is 32.2. The number of carbonyl (C=O) groups excluding carboxylic acids is 1. The third kappa shape index (κ3) is 7.07. The molecular formula is C27H31NO6S. The van der Waals surface area contributed by atoms with Gasteiger partial charge in [-0.25, -0.2) is 13.2 Å². The van der Waals surface area contributed by atoms with Crippen LogP contribution in [-0.4, -0.2) is 47.9 Å². The van der Waals surface area contributed by atoms with Gasteiger partial charge in [-0.1, -0.05) is 42.5 Å². The molecule has 35 heavy (non-hydrogen) atoms. The maximum absolute atomic E-state index is 13.0. The Hall–Kier alpha value is -3.36. The fourth-order valence-corrected chi connectivity index (χ4v) is 4.82. The molecule has 7 nitrogen and oxygen atoms in total. The summed E-state index contributed by atoms with van der Waals surface area (Å²) >= 11 is 0. The van der Waals surface area contributed by atoms with E-state index in [1.54, 1.807) is 32.9 Å². The van der Waals surface area contributed by atoms with Crippen LogP contribution in [0.2, 0.25) is 0 Å². The van der Waals surface area contributed by atoms with Crippen LogP contribution in [-0.2, 0) is 27.5 Å². The number of aliphatic hydroxyl groups is 1. The minimum absolute atomic E-state index is 0.0145. The number of benzene rings is 3. The monoisotopic (exact) mass is 497 g/mol. The quantitative estimate of drug-likeness (QED) is 0.473. The van der Waals surface area contributed by atoms with Crippen molar-refractivity contribution in [1.29, 1.82) is 0 Å². The first-order valence-electron chi connectivity index (χ1n) is 11.3. The number of ether oxygens (including phenoxy) is 1. The molecule has 0 saturated carbocycles. The molecule has 0 bridgehead atoms. The smallest absolute Gasteiger partial charge is 0.410 e. The third-order valence-corrected chi connectivity index (χ3v) is 7.11. The van der Waals surface area contributed by atoms with E-state index in [2.05, 4.69) is 0 Å². The summed E-state index contributed by atoms with van der Waals surface area (Å²) in [5.74, 6) is -0.0145. The first-order valence-corrected chi connectivity index (χ1v) is 12.8. The predicted octanol–water partition coefficient (Wildman–Crippen LogP) is 4.57. The molecule has 8 heteroatoms. The Labute approximate surface area is 206 Å². The van der Waals surface area contributed by atoms with E-state index in [9.17, 15) is 23.4 Å². The van der Waals surface area contributed by atoms with E-state index < -0.39 is 27.6 Å². The van der Waals surface area contributed by atoms with E-state index in [-0.39, 0.29) is 28.7 Å². The van der Waals surface area contributed by atoms with Crippen LogP contribution in [0.3, 0.4) is 0 Å². The Morgan fingerprint density at radius 3 is 1.94 bits per heavy atom. The fourth-order valence-electron chi connectivity index (χ4n) is 3.55. The number of rotatable bonds is 8. The molecule has 0 aliphatic heterocycles. The van der Waals surface area contributed by atoms with Gasteiger partial charge >= 0.3 is 6.09 Å². The molecule has 0 spiro atoms. The number of sulfone groups is 1. The Balaban J connectivity index is 1.83. The first-order chi connectivity index (χ1) is 16.5. The lowest BCUT2D eigenvalue weighted by molar-refractivity contribution is 0.00696. The molecular weight excluding hydrogens is 466 g/mol. The summed E-state index contributed by atoms with van der Waals surface area (Å²) in [5, 5.41) is 19.6. The number of hydrogen-bond donors (Lipinski definition) is 2. The summed E-state index contributed by atoms with van der Waals surface area (Å²) < 4.78 is 31.3. The molecule has 3 aromatic rings. The zero-order chi connectivity index (χ0) is 25.6. The van der Waals surface area contributed by atoms with E-state index in [0.29, 0.717) is 6.42 Å². The van der Waals surface area contributed by atoms with Gasteiger partial charge in [-0.15, -0.1) is 0 Å². The minimum Gasteiger partial charge on any atom is -0.508 e. The van der Waals surface area contributed by atoms with Crippen LogP contribution in [0, 0.1) is 0 Å². The molecule has 1 atom stereocenters. The van der Waals surface area contributed by atoms with Crippen molar-refractivity contribution < 1.29 is 28.2 Å². The summed E-state index contributed by atoms with van der Waals surface area (Å²) in [6.45, 7) is 5.32. The summed E-state index contributed by atoms with van der Waals surface area (Å²) in [6.07, 6.45) is -0.228. The fraction of sp³-hybridized carbons (Fsp3) is 0.296. The molecule has 0 saturated heterocycles. The van der Waals surface area contributed by atoms with Crippen molar-refractivity contribution in [3.63, 3.8) is 0 Å². The highest BCUT2D eigenvalue weighted by molar-refractivity contribution is 7.91. The number of phenols is 1. The Bertz CT molecular complexity index is 1220. The van der Waals surface area contributed by atoms with Gasteiger partial charge in [-0.2, -0.15) is 0 Å². The summed E-state index contributed by atoms with van der Waals surface area (Å²) in [4.78, 5) is 14.7. The second-order valence-corrected chi connectivity index (χ2v) is 11.2. The standard InChI is InChI=1S/C27H31NO6S/c1-27(2,3)34-26(31)28(18-21-7-5-4-6-8-21)22(19-29)17-20-9-13-24(14-10-20)35(32,33)25-15-11-23(30)12-16-25/h4-16,22,29-30H,17-19H2,1-3H3/t22-/m0/s1. The second kappa shape index (κ2) is 10.9. The molecule has 0 radical (unpaired) electrons. The zero-order valence-corrected chi connectivity index (χ0v) is 20.9. The molecule has 186 valence electrons. The average Bonchev–Trinajstić information content (AvgIpc) is 2.81. The molecule has 0 aliphatic rings. The molecule has 1 amide bonds. The van der Waals surface area contributed by atoms with Gasteiger partial charge in [0, 0.05) is 6.54 Å². The maximum atomic E-state index is 13.0. The Morgan fingerprint density at radius 1 is 0.886 bits per heavy atom. The van der Waals surface area contributed by atoms with Crippen LogP contribution in [0.5, 0.6) is 5.75 Å². The number of carbonyl (C=O) groups is 1. The van der Waals surface area contributed by atoms with Crippen molar-refractivity contribution in [1.82, 2.24) is 4.90 Å². The molecule has 0 heterocycles. The van der Waals surface area contributed by atoms with Gasteiger partial charge in [0.15, 0.2) is 0 Å². The molecule has 2 N–H and O–H groups in total. The van der Waals surface area contributed by atoms with Gasteiger partial charge in [-0.05, 0) is 74.7 Å². The molecule has 0 aliphatic carbocycles. The number of aromatic hydroxyl groups is 1. The minimum atomic E-state index is -3.74. The van der Waals surface area contributed by atoms with E-state index >= 15 is 0 Å². The summed E-state index contributed by atoms with van der Waals surface area (Å²) in [5.41, 5.74) is 0.957. The van der Waals surface area contributed by atoms with E-state index in [0.717, 1.165) is 11.1 Å². The predicted molar refractivity (Wildman–Crippen MR) is 133 cm³/mol. The zero-order valence-electron chi connectivity index (χ0n) is 20.1. The van der Waals surface area contributed by atoms with Crippen molar-refractivity contribution in [3.05, 3.63) is 90.0 Å². The van der Waals surface area contributed by atoms with E-state index in [1.807, 2.05) is 30.3 Å². The van der Waals surface area contributed by atoms with Gasteiger partial charge in [0.2, 0.25) is 9.84 Å². The van der Waals surface area contributed by atoms with Crippen LogP contribution < -0.4 is 0 Å². The van der Waals surface area contributed by atoms with Crippen molar-refractivity contribution >= 4 is 15.9 Å². The van der Waals surface area contributed by atoms with Crippen LogP contribution >= 0.6 is 0 Å². The highest BCUT2D eigenvalue weighted by Crippen LogP contribution is 2.24. The Kier molecular flexibility index (Phi) is 8.19. The second-order valence-electron chi connectivity index (χ2n) is 9.28. The van der Waals surface area contributed by atoms with Crippen molar-refractivity contribution in [2.75, 3.05) is 6.61 Å². The van der Waals surface area contributed by atoms with Crippen LogP contribution in [0.25, 0.3) is 0 Å². The lowest BCUT2D eigenvalue weighted by Gasteiger charge is -2.33. The largest absolute Gasteiger partial charge is 0.508 e. The lowest BCUT2D eigenvalue weighted by atomic mass is 10.0. The molecule has 0 aromatic heterocycles. The third-order valence-electron chi connectivity index (χ3n) is 5.33. The van der Waals surface area contributed by atoms with Crippen LogP contribution in [0.1, 0.15) is 31.9 Å². The maximum Gasteiger partial charge on any atom is 0.410 e. The van der Waals surface area contributed by atoms with Crippen LogP contribution in [0.15, 0.2) is 88.7 Å². The summed E-state index contributed by atoms with van der Waals surface area (Å²) in [6, 6.07) is 20.6. The normalized spacial score (nSPS) is 12.7. The number of phenolic OH excluding ortho intramolecular Hbond substituents is 1. The molecule has 3 aromatic carbocycles. The van der Waals surface area contributed by atoms with E-state index in [4.69, 9.17) is 4.74 Å². The van der Waals surface area contributed by atoms with Crippen molar-refractivity contribution in [2.24, 2.45) is 0 Å². The SMILES string of the molecule is CC(C)(C)OC(=O)N(Cc1ccccc1)[C@H](CO)Cc1ccc(S(=O)(=O)c2ccc(O)cc2)cc1. The highest BCUT2D eigenvalue weighted by Gasteiger charge is 2.28. The van der Waals surface area contributed by atoms with Crippen molar-refractivity contribution in [3.8, 4) is 5.75 Å². The van der Waals surface area contributed by atoms with E-state index in [1.165, 1.54) is 41.3 Å². The number of aliphatic hydroxyl groups excluding tert-OH is 1. The van der Waals surface area contributed by atoms with Gasteiger partial charge in [-0.3, -0.25) is 4.90 Å². The van der Waals surface area contributed by atoms with Gasteiger partial charge < -0.3 is 14.9 Å². The molecule has 3 rings (SSSR count). The average molecular weight is 498 g/mol. The summed E-state index contributed by atoms with van der Waals surface area (Å²) in [7, 11) is -3.74. The number of hydrogen-bond acceptors (Lipinski definition) is 6. The van der Waals surface area contributed by atoms with Crippen molar-refractivity contribution in [2.45, 2.75) is 55.2 Å². The Morgan fingerprint density at radius 2 is 1.43 bits per heavy atom. The molecule has 0 unspecified atom stereocenters. The van der Waals surface area contributed by atoms with Gasteiger partial charge in [0.25, 0.3) is 0 Å². The lowest BCUT2D eigenvalue weighted by Crippen LogP contribution is -2.45. The number of nitrogens with zero attached hydrogens (tertiary/aromatic N) is 1. The topological polar surface area (TPSA) is 104 Å². The van der Waals surface area contributed by atoms with Gasteiger partial charge in [0.1, 0.15) is 11.4 Å². The first kappa shape index (κ1) is 26.2. The molecule has 0 fully saturated rings. The van der Waals surface area contributed by atoms with Gasteiger partial charge in [0.05, 0.1) is 22.4 Å². The van der Waals surface area contributed by atoms with Crippen LogP contribution in [0.4, 0.5) is 4.79 Å².